The van der Waals surface area contributed by atoms with Gasteiger partial charge in [-0.15, -0.1) is 24.0 Å². The first-order chi connectivity index (χ1) is 10.2. The Bertz CT molecular complexity index is 561. The van der Waals surface area contributed by atoms with Crippen molar-refractivity contribution in [2.75, 3.05) is 13.6 Å². The Labute approximate surface area is 162 Å². The summed E-state index contributed by atoms with van der Waals surface area (Å²) in [7, 11) is 1.61. The zero-order chi connectivity index (χ0) is 16.8. The molecule has 0 unspecified atom stereocenters. The minimum atomic E-state index is -0.313. The molecule has 0 saturated heterocycles. The van der Waals surface area contributed by atoms with E-state index in [1.54, 1.807) is 19.2 Å². The molecule has 0 saturated carbocycles. The van der Waals surface area contributed by atoms with Crippen LogP contribution in [0.5, 0.6) is 0 Å². The summed E-state index contributed by atoms with van der Waals surface area (Å²) in [5, 5.41) is 8.79. The first-order valence-electron chi connectivity index (χ1n) is 6.91. The first-order valence-corrected chi connectivity index (χ1v) is 7.70. The zero-order valence-corrected chi connectivity index (χ0v) is 17.6. The molecule has 1 rings (SSSR count). The van der Waals surface area contributed by atoms with Crippen LogP contribution >= 0.6 is 39.9 Å². The van der Waals surface area contributed by atoms with Crippen LogP contribution in [0.4, 0.5) is 4.39 Å². The van der Waals surface area contributed by atoms with Crippen molar-refractivity contribution in [1.29, 1.82) is 0 Å². The highest BCUT2D eigenvalue weighted by atomic mass is 127. The number of nitrogens with one attached hydrogen (secondary N) is 3. The van der Waals surface area contributed by atoms with Gasteiger partial charge in [0.05, 0.1) is 11.0 Å². The lowest BCUT2D eigenvalue weighted by molar-refractivity contribution is -0.121. The van der Waals surface area contributed by atoms with Gasteiger partial charge in [-0.05, 0) is 54.4 Å². The summed E-state index contributed by atoms with van der Waals surface area (Å²) in [6.07, 6.45) is 0. The van der Waals surface area contributed by atoms with E-state index in [0.717, 1.165) is 5.56 Å². The van der Waals surface area contributed by atoms with Gasteiger partial charge in [-0.1, -0.05) is 6.07 Å². The Morgan fingerprint density at radius 2 is 1.96 bits per heavy atom. The van der Waals surface area contributed by atoms with Crippen molar-refractivity contribution in [2.24, 2.45) is 4.99 Å². The van der Waals surface area contributed by atoms with E-state index >= 15 is 0 Å². The van der Waals surface area contributed by atoms with Gasteiger partial charge in [0.2, 0.25) is 5.91 Å². The predicted molar refractivity (Wildman–Crippen MR) is 106 cm³/mol. The molecule has 0 atom stereocenters. The third kappa shape index (κ3) is 9.09. The molecule has 0 aliphatic carbocycles. The highest BCUT2D eigenvalue weighted by Crippen LogP contribution is 2.16. The Hall–Kier alpha value is -0.900. The van der Waals surface area contributed by atoms with Crippen LogP contribution in [0.3, 0.4) is 0 Å². The van der Waals surface area contributed by atoms with Crippen molar-refractivity contribution in [3.8, 4) is 0 Å². The molecule has 23 heavy (non-hydrogen) atoms. The summed E-state index contributed by atoms with van der Waals surface area (Å²) < 4.78 is 13.9. The Morgan fingerprint density at radius 1 is 1.30 bits per heavy atom. The molecule has 1 amide bonds. The van der Waals surface area contributed by atoms with Crippen molar-refractivity contribution in [1.82, 2.24) is 16.0 Å². The number of nitrogens with zero attached hydrogens (tertiary/aromatic N) is 1. The minimum Gasteiger partial charge on any atom is -0.352 e. The molecule has 0 radical (unpaired) electrons. The fourth-order valence-corrected chi connectivity index (χ4v) is 1.93. The van der Waals surface area contributed by atoms with Crippen LogP contribution in [-0.2, 0) is 11.3 Å². The number of hydrogen-bond acceptors (Lipinski definition) is 2. The lowest BCUT2D eigenvalue weighted by atomic mass is 10.1. The molecule has 0 aliphatic heterocycles. The lowest BCUT2D eigenvalue weighted by Crippen LogP contribution is -2.48. The summed E-state index contributed by atoms with van der Waals surface area (Å²) in [5.74, 6) is 0.0457. The minimum absolute atomic E-state index is 0. The number of carbonyl (C=O) groups excluding carboxylic acids is 1. The second kappa shape index (κ2) is 10.1. The van der Waals surface area contributed by atoms with Crippen LogP contribution in [0.15, 0.2) is 27.7 Å². The van der Waals surface area contributed by atoms with E-state index in [1.807, 2.05) is 20.8 Å². The maximum Gasteiger partial charge on any atom is 0.239 e. The fourth-order valence-electron chi connectivity index (χ4n) is 1.68. The van der Waals surface area contributed by atoms with E-state index in [4.69, 9.17) is 0 Å². The quantitative estimate of drug-likeness (QED) is 0.338. The summed E-state index contributed by atoms with van der Waals surface area (Å²) in [5.41, 5.74) is 0.507. The maximum atomic E-state index is 13.4. The molecule has 0 aliphatic rings. The van der Waals surface area contributed by atoms with Crippen molar-refractivity contribution in [3.05, 3.63) is 34.1 Å². The molecular weight excluding hydrogens is 478 g/mol. The van der Waals surface area contributed by atoms with Crippen LogP contribution < -0.4 is 16.0 Å². The zero-order valence-electron chi connectivity index (χ0n) is 13.7. The molecule has 8 heteroatoms. The molecule has 1 aromatic rings. The molecule has 5 nitrogen and oxygen atoms in total. The third-order valence-corrected chi connectivity index (χ3v) is 3.24. The van der Waals surface area contributed by atoms with Gasteiger partial charge in [-0.2, -0.15) is 0 Å². The van der Waals surface area contributed by atoms with Crippen molar-refractivity contribution >= 4 is 51.8 Å². The maximum absolute atomic E-state index is 13.4. The number of guanidine groups is 1. The largest absolute Gasteiger partial charge is 0.352 e. The molecule has 0 spiro atoms. The number of halogens is 3. The van der Waals surface area contributed by atoms with Gasteiger partial charge in [0.25, 0.3) is 0 Å². The number of rotatable bonds is 4. The van der Waals surface area contributed by atoms with Crippen LogP contribution in [0.1, 0.15) is 26.3 Å². The molecule has 0 aromatic heterocycles. The van der Waals surface area contributed by atoms with Crippen molar-refractivity contribution in [2.45, 2.75) is 32.9 Å². The third-order valence-electron chi connectivity index (χ3n) is 2.60. The Morgan fingerprint density at radius 3 is 2.48 bits per heavy atom. The molecule has 1 aromatic carbocycles. The van der Waals surface area contributed by atoms with Gasteiger partial charge in [0.1, 0.15) is 5.82 Å². The lowest BCUT2D eigenvalue weighted by Gasteiger charge is -2.21. The topological polar surface area (TPSA) is 65.5 Å². The van der Waals surface area contributed by atoms with Gasteiger partial charge in [0.15, 0.2) is 5.96 Å². The highest BCUT2D eigenvalue weighted by molar-refractivity contribution is 14.0. The monoisotopic (exact) mass is 500 g/mol. The standard InChI is InChI=1S/C15H22BrFN4O.HI/c1-15(2,3)21-13(22)9-20-14(18-4)19-8-10-5-6-11(16)12(17)7-10;/h5-7H,8-9H2,1-4H3,(H,21,22)(H2,18,19,20);1H. The number of hydrogen-bond donors (Lipinski definition) is 3. The van der Waals surface area contributed by atoms with Crippen molar-refractivity contribution < 1.29 is 9.18 Å². The van der Waals surface area contributed by atoms with Gasteiger partial charge in [-0.25, -0.2) is 4.39 Å². The molecular formula is C15H23BrFIN4O. The molecule has 0 heterocycles. The van der Waals surface area contributed by atoms with Gasteiger partial charge < -0.3 is 16.0 Å². The second-order valence-corrected chi connectivity index (χ2v) is 6.68. The van der Waals surface area contributed by atoms with E-state index < -0.39 is 0 Å². The summed E-state index contributed by atoms with van der Waals surface area (Å²) in [6.45, 7) is 6.27. The number of benzene rings is 1. The molecule has 130 valence electrons. The predicted octanol–water partition coefficient (Wildman–Crippen LogP) is 2.79. The summed E-state index contributed by atoms with van der Waals surface area (Å²) >= 11 is 3.11. The average molecular weight is 501 g/mol. The summed E-state index contributed by atoms with van der Waals surface area (Å²) in [6, 6.07) is 4.90. The first kappa shape index (κ1) is 22.1. The normalized spacial score (nSPS) is 11.5. The molecule has 3 N–H and O–H groups in total. The van der Waals surface area contributed by atoms with Crippen LogP contribution in [0.25, 0.3) is 0 Å². The van der Waals surface area contributed by atoms with Crippen LogP contribution in [0, 0.1) is 5.82 Å². The van der Waals surface area contributed by atoms with E-state index in [9.17, 15) is 9.18 Å². The second-order valence-electron chi connectivity index (χ2n) is 5.83. The van der Waals surface area contributed by atoms with Crippen LogP contribution in [-0.4, -0.2) is 31.0 Å². The average Bonchev–Trinajstić information content (AvgIpc) is 2.41. The van der Waals surface area contributed by atoms with Gasteiger partial charge in [-0.3, -0.25) is 9.79 Å². The smallest absolute Gasteiger partial charge is 0.239 e. The van der Waals surface area contributed by atoms with E-state index in [-0.39, 0.29) is 47.8 Å². The number of carbonyl (C=O) groups is 1. The van der Waals surface area contributed by atoms with E-state index in [1.165, 1.54) is 6.07 Å². The van der Waals surface area contributed by atoms with Crippen LogP contribution in [0.2, 0.25) is 0 Å². The summed E-state index contributed by atoms with van der Waals surface area (Å²) in [4.78, 5) is 15.7. The highest BCUT2D eigenvalue weighted by Gasteiger charge is 2.13. The van der Waals surface area contributed by atoms with Crippen molar-refractivity contribution in [3.63, 3.8) is 0 Å². The van der Waals surface area contributed by atoms with Gasteiger partial charge >= 0.3 is 0 Å². The van der Waals surface area contributed by atoms with Gasteiger partial charge in [0, 0.05) is 19.1 Å². The fraction of sp³-hybridized carbons (Fsp3) is 0.467. The molecule has 0 fully saturated rings. The number of amides is 1. The SMILES string of the molecule is CN=C(NCC(=O)NC(C)(C)C)NCc1ccc(Br)c(F)c1.I. The Balaban J connectivity index is 0.00000484. The number of aliphatic imine (C=N–C) groups is 1. The Kier molecular flexibility index (Phi) is 9.67. The van der Waals surface area contributed by atoms with E-state index in [0.29, 0.717) is 17.0 Å². The molecule has 0 bridgehead atoms. The van der Waals surface area contributed by atoms with E-state index in [2.05, 4.69) is 36.9 Å².